The summed E-state index contributed by atoms with van der Waals surface area (Å²) in [6.07, 6.45) is 4.02. The molecule has 2 saturated heterocycles. The average molecular weight is 313 g/mol. The Morgan fingerprint density at radius 3 is 2.35 bits per heavy atom. The van der Waals surface area contributed by atoms with E-state index < -0.39 is 0 Å². The highest BCUT2D eigenvalue weighted by molar-refractivity contribution is 5.31. The van der Waals surface area contributed by atoms with Gasteiger partial charge in [-0.05, 0) is 55.5 Å². The fourth-order valence-electron chi connectivity index (χ4n) is 4.00. The molecule has 1 N–H and O–H groups in total. The van der Waals surface area contributed by atoms with Gasteiger partial charge in [0.25, 0.3) is 0 Å². The molecule has 4 heteroatoms. The van der Waals surface area contributed by atoms with Crippen molar-refractivity contribution in [2.45, 2.75) is 25.8 Å². The van der Waals surface area contributed by atoms with Gasteiger partial charge >= 0.3 is 0 Å². The number of rotatable bonds is 5. The highest BCUT2D eigenvalue weighted by atomic mass is 16.3. The van der Waals surface area contributed by atoms with Gasteiger partial charge in [-0.2, -0.15) is 5.26 Å². The van der Waals surface area contributed by atoms with E-state index in [0.717, 1.165) is 26.2 Å². The molecule has 0 saturated carbocycles. The highest BCUT2D eigenvalue weighted by Crippen LogP contribution is 2.26. The van der Waals surface area contributed by atoms with Crippen LogP contribution in [-0.2, 0) is 6.54 Å². The van der Waals surface area contributed by atoms with Crippen LogP contribution in [0.25, 0.3) is 0 Å². The second-order valence-electron chi connectivity index (χ2n) is 7.07. The molecule has 0 radical (unpaired) electrons. The van der Waals surface area contributed by atoms with E-state index in [1.165, 1.54) is 37.9 Å². The molecule has 0 spiro atoms. The van der Waals surface area contributed by atoms with Crippen molar-refractivity contribution in [2.75, 3.05) is 39.3 Å². The van der Waals surface area contributed by atoms with Gasteiger partial charge in [-0.15, -0.1) is 0 Å². The van der Waals surface area contributed by atoms with Crippen LogP contribution < -0.4 is 0 Å². The zero-order valence-electron chi connectivity index (χ0n) is 13.8. The minimum atomic E-state index is 0.294. The number of piperidine rings is 1. The van der Waals surface area contributed by atoms with E-state index in [9.17, 15) is 5.11 Å². The Labute approximate surface area is 139 Å². The normalized spacial score (nSPS) is 26.3. The van der Waals surface area contributed by atoms with Crippen LogP contribution in [-0.4, -0.2) is 54.2 Å². The van der Waals surface area contributed by atoms with Gasteiger partial charge in [0.05, 0.1) is 11.6 Å². The molecule has 2 unspecified atom stereocenters. The number of nitrogens with zero attached hydrogens (tertiary/aromatic N) is 3. The molecule has 2 heterocycles. The van der Waals surface area contributed by atoms with Crippen LogP contribution in [0.15, 0.2) is 24.3 Å². The number of aliphatic hydroxyl groups is 1. The largest absolute Gasteiger partial charge is 0.396 e. The fraction of sp³-hybridized carbons (Fsp3) is 0.632. The van der Waals surface area contributed by atoms with Crippen molar-refractivity contribution in [3.05, 3.63) is 35.4 Å². The predicted octanol–water partition coefficient (Wildman–Crippen LogP) is 2.08. The molecular formula is C19H27N3O. The summed E-state index contributed by atoms with van der Waals surface area (Å²) in [5, 5.41) is 18.6. The third-order valence-electron chi connectivity index (χ3n) is 5.32. The summed E-state index contributed by atoms with van der Waals surface area (Å²) in [5.74, 6) is 0.979. The topological polar surface area (TPSA) is 50.5 Å². The van der Waals surface area contributed by atoms with E-state index in [4.69, 9.17) is 5.26 Å². The van der Waals surface area contributed by atoms with Gasteiger partial charge in [0.2, 0.25) is 0 Å². The second kappa shape index (κ2) is 7.92. The van der Waals surface area contributed by atoms with Crippen LogP contribution in [0.2, 0.25) is 0 Å². The number of likely N-dealkylation sites (tertiary alicyclic amines) is 2. The van der Waals surface area contributed by atoms with Gasteiger partial charge in [-0.1, -0.05) is 18.6 Å². The van der Waals surface area contributed by atoms with Crippen molar-refractivity contribution in [1.82, 2.24) is 9.80 Å². The molecule has 4 nitrogen and oxygen atoms in total. The van der Waals surface area contributed by atoms with Gasteiger partial charge in [-0.25, -0.2) is 0 Å². The monoisotopic (exact) mass is 313 g/mol. The van der Waals surface area contributed by atoms with Gasteiger partial charge in [0, 0.05) is 32.8 Å². The molecule has 0 aliphatic carbocycles. The zero-order chi connectivity index (χ0) is 16.1. The second-order valence-corrected chi connectivity index (χ2v) is 7.07. The maximum atomic E-state index is 9.74. The number of benzene rings is 1. The zero-order valence-corrected chi connectivity index (χ0v) is 13.8. The van der Waals surface area contributed by atoms with Crippen molar-refractivity contribution < 1.29 is 5.11 Å². The SMILES string of the molecule is N#Cc1ccc(CN2CC(CO)C(CN3CCCCC3)C2)cc1. The molecule has 3 rings (SSSR count). The fourth-order valence-corrected chi connectivity index (χ4v) is 4.00. The smallest absolute Gasteiger partial charge is 0.0991 e. The lowest BCUT2D eigenvalue weighted by atomic mass is 9.95. The minimum absolute atomic E-state index is 0.294. The Balaban J connectivity index is 1.55. The summed E-state index contributed by atoms with van der Waals surface area (Å²) in [7, 11) is 0. The molecule has 2 atom stereocenters. The number of hydrogen-bond donors (Lipinski definition) is 1. The summed E-state index contributed by atoms with van der Waals surface area (Å²) >= 11 is 0. The van der Waals surface area contributed by atoms with Crippen LogP contribution in [0.3, 0.4) is 0 Å². The Hall–Kier alpha value is -1.41. The number of nitriles is 1. The van der Waals surface area contributed by atoms with E-state index in [0.29, 0.717) is 24.0 Å². The van der Waals surface area contributed by atoms with Crippen LogP contribution in [0.5, 0.6) is 0 Å². The maximum Gasteiger partial charge on any atom is 0.0991 e. The first kappa shape index (κ1) is 16.4. The van der Waals surface area contributed by atoms with Crippen molar-refractivity contribution in [2.24, 2.45) is 11.8 Å². The lowest BCUT2D eigenvalue weighted by Crippen LogP contribution is -2.37. The Morgan fingerprint density at radius 2 is 1.70 bits per heavy atom. The lowest BCUT2D eigenvalue weighted by Gasteiger charge is -2.30. The first-order valence-electron chi connectivity index (χ1n) is 8.83. The summed E-state index contributed by atoms with van der Waals surface area (Å²) in [6, 6.07) is 10.0. The summed E-state index contributed by atoms with van der Waals surface area (Å²) in [6.45, 7) is 6.85. The van der Waals surface area contributed by atoms with Crippen molar-refractivity contribution in [1.29, 1.82) is 5.26 Å². The third-order valence-corrected chi connectivity index (χ3v) is 5.32. The maximum absolute atomic E-state index is 9.74. The molecule has 1 aromatic rings. The molecule has 124 valence electrons. The van der Waals surface area contributed by atoms with Crippen molar-refractivity contribution in [3.8, 4) is 6.07 Å². The quantitative estimate of drug-likeness (QED) is 0.904. The van der Waals surface area contributed by atoms with Gasteiger partial charge in [-0.3, -0.25) is 4.90 Å². The standard InChI is InChI=1S/C19H27N3O/c20-10-16-4-6-17(7-5-16)11-22-13-18(19(14-22)15-23)12-21-8-2-1-3-9-21/h4-7,18-19,23H,1-3,8-9,11-15H2. The van der Waals surface area contributed by atoms with Crippen LogP contribution in [0.1, 0.15) is 30.4 Å². The Bertz CT molecular complexity index is 531. The van der Waals surface area contributed by atoms with E-state index in [2.05, 4.69) is 15.9 Å². The summed E-state index contributed by atoms with van der Waals surface area (Å²) in [4.78, 5) is 5.04. The van der Waals surface area contributed by atoms with Crippen molar-refractivity contribution in [3.63, 3.8) is 0 Å². The molecule has 0 bridgehead atoms. The van der Waals surface area contributed by atoms with E-state index in [1.54, 1.807) is 0 Å². The molecule has 23 heavy (non-hydrogen) atoms. The van der Waals surface area contributed by atoms with E-state index >= 15 is 0 Å². The van der Waals surface area contributed by atoms with E-state index in [-0.39, 0.29) is 0 Å². The van der Waals surface area contributed by atoms with Crippen LogP contribution in [0, 0.1) is 23.2 Å². The van der Waals surface area contributed by atoms with E-state index in [1.807, 2.05) is 24.3 Å². The van der Waals surface area contributed by atoms with Gasteiger partial charge in [0.1, 0.15) is 0 Å². The summed E-state index contributed by atoms with van der Waals surface area (Å²) < 4.78 is 0. The number of aliphatic hydroxyl groups excluding tert-OH is 1. The van der Waals surface area contributed by atoms with Gasteiger partial charge in [0.15, 0.2) is 0 Å². The molecule has 0 amide bonds. The molecule has 2 aliphatic rings. The van der Waals surface area contributed by atoms with Crippen LogP contribution >= 0.6 is 0 Å². The highest BCUT2D eigenvalue weighted by Gasteiger charge is 2.33. The predicted molar refractivity (Wildman–Crippen MR) is 90.8 cm³/mol. The Morgan fingerprint density at radius 1 is 1.00 bits per heavy atom. The first-order valence-corrected chi connectivity index (χ1v) is 8.83. The lowest BCUT2D eigenvalue weighted by molar-refractivity contribution is 0.149. The van der Waals surface area contributed by atoms with Crippen molar-refractivity contribution >= 4 is 0 Å². The molecule has 2 aliphatic heterocycles. The third kappa shape index (κ3) is 4.32. The van der Waals surface area contributed by atoms with Gasteiger partial charge < -0.3 is 10.0 Å². The summed E-state index contributed by atoms with van der Waals surface area (Å²) in [5.41, 5.74) is 1.96. The molecule has 0 aromatic heterocycles. The number of hydrogen-bond acceptors (Lipinski definition) is 4. The molecular weight excluding hydrogens is 286 g/mol. The van der Waals surface area contributed by atoms with Crippen LogP contribution in [0.4, 0.5) is 0 Å². The molecule has 1 aromatic carbocycles. The first-order chi connectivity index (χ1) is 11.3. The Kier molecular flexibility index (Phi) is 5.66. The minimum Gasteiger partial charge on any atom is -0.396 e. The molecule has 2 fully saturated rings. The average Bonchev–Trinajstić information content (AvgIpc) is 2.98.